The Bertz CT molecular complexity index is 1470. The summed E-state index contributed by atoms with van der Waals surface area (Å²) in [7, 11) is -4.91. The van der Waals surface area contributed by atoms with E-state index in [2.05, 4.69) is 5.32 Å². The third-order valence-electron chi connectivity index (χ3n) is 4.95. The van der Waals surface area contributed by atoms with Crippen LogP contribution in [0.1, 0.15) is 42.2 Å². The molecule has 0 heterocycles. The van der Waals surface area contributed by atoms with E-state index in [-0.39, 0.29) is 68.2 Å². The number of carbonyl (C=O) groups excluding carboxylic acids is 3. The zero-order chi connectivity index (χ0) is 23.4. The Hall–Kier alpha value is -2.73. The second-order valence-electron chi connectivity index (χ2n) is 6.87. The summed E-state index contributed by atoms with van der Waals surface area (Å²) in [5, 5.41) is 14.3. The molecule has 3 aromatic carbocycles. The van der Waals surface area contributed by atoms with Gasteiger partial charge in [0.05, 0.1) is 28.5 Å². The van der Waals surface area contributed by atoms with E-state index in [0.717, 1.165) is 12.1 Å². The third kappa shape index (κ3) is 4.29. The van der Waals surface area contributed by atoms with Gasteiger partial charge in [0, 0.05) is 27.4 Å². The maximum Gasteiger partial charge on any atom is 1.00 e. The molecular formula is C21H12ClN2NaO7S. The van der Waals surface area contributed by atoms with E-state index in [1.54, 1.807) is 6.07 Å². The normalized spacial score (nSPS) is 12.4. The first-order chi connectivity index (χ1) is 15.0. The van der Waals surface area contributed by atoms with Crippen LogP contribution in [0.15, 0.2) is 53.4 Å². The van der Waals surface area contributed by atoms with Crippen molar-refractivity contribution in [3.63, 3.8) is 0 Å². The number of nitrogens with one attached hydrogen (secondary N) is 1. The predicted molar refractivity (Wildman–Crippen MR) is 113 cm³/mol. The van der Waals surface area contributed by atoms with Gasteiger partial charge in [0.25, 0.3) is 10.1 Å². The molecule has 1 aliphatic carbocycles. The van der Waals surface area contributed by atoms with Crippen molar-refractivity contribution < 1.29 is 62.0 Å². The van der Waals surface area contributed by atoms with Crippen LogP contribution in [0.4, 0.5) is 17.1 Å². The van der Waals surface area contributed by atoms with Crippen LogP contribution < -0.4 is 45.7 Å². The van der Waals surface area contributed by atoms with Crippen LogP contribution >= 0.6 is 11.6 Å². The van der Waals surface area contributed by atoms with Gasteiger partial charge in [-0.1, -0.05) is 35.9 Å². The summed E-state index contributed by atoms with van der Waals surface area (Å²) in [4.78, 5) is 37.1. The Balaban J connectivity index is 0.00000306. The van der Waals surface area contributed by atoms with Crippen molar-refractivity contribution in [3.05, 3.63) is 81.4 Å². The van der Waals surface area contributed by atoms with Gasteiger partial charge in [-0.15, -0.1) is 0 Å². The maximum absolute atomic E-state index is 13.2. The van der Waals surface area contributed by atoms with Crippen LogP contribution in [0.3, 0.4) is 0 Å². The Labute approximate surface area is 214 Å². The fraction of sp³-hybridized carbons (Fsp3) is 0. The van der Waals surface area contributed by atoms with Crippen molar-refractivity contribution in [2.24, 2.45) is 0 Å². The zero-order valence-corrected chi connectivity index (χ0v) is 20.5. The Morgan fingerprint density at radius 2 is 1.55 bits per heavy atom. The van der Waals surface area contributed by atoms with Gasteiger partial charge in [-0.25, -0.2) is 0 Å². The summed E-state index contributed by atoms with van der Waals surface area (Å²) in [6, 6.07) is 10.5. The summed E-state index contributed by atoms with van der Waals surface area (Å²) in [5.41, 5.74) is 3.95. The van der Waals surface area contributed by atoms with Gasteiger partial charge in [-0.2, -0.15) is 8.42 Å². The summed E-state index contributed by atoms with van der Waals surface area (Å²) in [6.45, 7) is 0. The molecule has 0 bridgehead atoms. The molecule has 0 aromatic heterocycles. The molecule has 9 nitrogen and oxygen atoms in total. The minimum Gasteiger partial charge on any atom is -0.545 e. The zero-order valence-electron chi connectivity index (χ0n) is 16.9. The molecule has 3 aromatic rings. The molecule has 0 radical (unpaired) electrons. The topological polar surface area (TPSA) is 167 Å². The van der Waals surface area contributed by atoms with Crippen LogP contribution in [0.2, 0.25) is 5.02 Å². The van der Waals surface area contributed by atoms with Gasteiger partial charge >= 0.3 is 29.6 Å². The molecule has 0 aliphatic heterocycles. The molecule has 0 atom stereocenters. The van der Waals surface area contributed by atoms with Crippen LogP contribution in [-0.2, 0) is 10.1 Å². The van der Waals surface area contributed by atoms with Crippen LogP contribution in [0.25, 0.3) is 0 Å². The van der Waals surface area contributed by atoms with Gasteiger partial charge in [0.15, 0.2) is 11.6 Å². The average molecular weight is 495 g/mol. The number of anilines is 3. The van der Waals surface area contributed by atoms with Gasteiger partial charge in [0.1, 0.15) is 4.90 Å². The van der Waals surface area contributed by atoms with Gasteiger partial charge < -0.3 is 21.0 Å². The van der Waals surface area contributed by atoms with Crippen LogP contribution in [0.5, 0.6) is 0 Å². The molecule has 0 saturated carbocycles. The first kappa shape index (κ1) is 24.9. The Morgan fingerprint density at radius 1 is 0.970 bits per heavy atom. The van der Waals surface area contributed by atoms with Crippen LogP contribution in [0, 0.1) is 0 Å². The number of carboxylic acids is 1. The van der Waals surface area contributed by atoms with E-state index in [1.807, 2.05) is 0 Å². The van der Waals surface area contributed by atoms with E-state index < -0.39 is 43.8 Å². The number of halogens is 1. The fourth-order valence-corrected chi connectivity index (χ4v) is 4.36. The number of ketones is 2. The fourth-order valence-electron chi connectivity index (χ4n) is 3.55. The molecule has 1 aliphatic rings. The Kier molecular flexibility index (Phi) is 6.72. The molecule has 4 N–H and O–H groups in total. The predicted octanol–water partition coefficient (Wildman–Crippen LogP) is -0.945. The number of benzene rings is 3. The minimum absolute atomic E-state index is 0. The number of fused-ring (bicyclic) bond motifs is 2. The molecule has 4 rings (SSSR count). The molecule has 12 heteroatoms. The molecule has 162 valence electrons. The largest absolute Gasteiger partial charge is 1.00 e. The number of rotatable bonds is 4. The molecular weight excluding hydrogens is 483 g/mol. The number of nitrogens with two attached hydrogens (primary N) is 1. The number of nitrogen functional groups attached to an aromatic ring is 1. The van der Waals surface area contributed by atoms with Crippen molar-refractivity contribution in [1.29, 1.82) is 0 Å². The maximum atomic E-state index is 13.2. The SMILES string of the molecule is Nc1c(S(=O)(=O)O)cc(Nc2ccc(Cl)cc2C(=O)[O-])c2c1C(=O)c1ccccc1C2=O.[Na+]. The molecule has 0 fully saturated rings. The van der Waals surface area contributed by atoms with Crippen molar-refractivity contribution in [2.45, 2.75) is 4.90 Å². The number of aromatic carboxylic acids is 1. The van der Waals surface area contributed by atoms with Gasteiger partial charge in [-0.3, -0.25) is 14.1 Å². The second kappa shape index (κ2) is 8.90. The molecule has 33 heavy (non-hydrogen) atoms. The number of hydrogen-bond donors (Lipinski definition) is 3. The number of carboxylic acid groups (broad SMARTS) is 1. The first-order valence-corrected chi connectivity index (χ1v) is 10.7. The standard InChI is InChI=1S/C21H13ClN2O7S.Na/c22-9-5-6-13(12(7-9)21(27)28)24-14-8-15(32(29,30)31)18(23)17-16(14)19(25)10-3-1-2-4-11(10)20(17)26;/h1-8,24H,23H2,(H,27,28)(H,29,30,31);/q;+1/p-1. The van der Waals surface area contributed by atoms with Gasteiger partial charge in [0.2, 0.25) is 0 Å². The molecule has 0 spiro atoms. The smallest absolute Gasteiger partial charge is 0.545 e. The van der Waals surface area contributed by atoms with Crippen molar-refractivity contribution in [1.82, 2.24) is 0 Å². The number of carbonyl (C=O) groups is 3. The average Bonchev–Trinajstić information content (AvgIpc) is 2.73. The van der Waals surface area contributed by atoms with E-state index in [9.17, 15) is 32.5 Å². The van der Waals surface area contributed by atoms with E-state index >= 15 is 0 Å². The summed E-state index contributed by atoms with van der Waals surface area (Å²) in [6.07, 6.45) is 0. The first-order valence-electron chi connectivity index (χ1n) is 8.91. The van der Waals surface area contributed by atoms with Crippen LogP contribution in [-0.4, -0.2) is 30.5 Å². The van der Waals surface area contributed by atoms with E-state index in [0.29, 0.717) is 0 Å². The van der Waals surface area contributed by atoms with Gasteiger partial charge in [-0.05, 0) is 24.3 Å². The Morgan fingerprint density at radius 3 is 2.09 bits per heavy atom. The second-order valence-corrected chi connectivity index (χ2v) is 8.69. The third-order valence-corrected chi connectivity index (χ3v) is 6.08. The summed E-state index contributed by atoms with van der Waals surface area (Å²) >= 11 is 5.84. The van der Waals surface area contributed by atoms with E-state index in [1.165, 1.54) is 30.3 Å². The monoisotopic (exact) mass is 494 g/mol. The quantitative estimate of drug-likeness (QED) is 0.184. The molecule has 0 saturated heterocycles. The van der Waals surface area contributed by atoms with Crippen molar-refractivity contribution in [2.75, 3.05) is 11.1 Å². The molecule has 0 amide bonds. The summed E-state index contributed by atoms with van der Waals surface area (Å²) in [5.74, 6) is -2.96. The van der Waals surface area contributed by atoms with E-state index in [4.69, 9.17) is 17.3 Å². The molecule has 0 unspecified atom stereocenters. The summed E-state index contributed by atoms with van der Waals surface area (Å²) < 4.78 is 33.5. The van der Waals surface area contributed by atoms with Crippen molar-refractivity contribution in [3.8, 4) is 0 Å². The van der Waals surface area contributed by atoms with Crippen molar-refractivity contribution >= 4 is 56.3 Å². The minimum atomic E-state index is -4.91. The number of hydrogen-bond acceptors (Lipinski definition) is 8.